The largest absolute Gasteiger partial charge is 0.508 e. The molecule has 1 fully saturated rings. The van der Waals surface area contributed by atoms with Crippen molar-refractivity contribution < 1.29 is 34.1 Å². The lowest BCUT2D eigenvalue weighted by molar-refractivity contribution is -0.116. The highest BCUT2D eigenvalue weighted by molar-refractivity contribution is 6.06. The standard InChI is InChI=1S/C52H54N6O7/c1-55(50(61)41-17-12-18-42(37-41)54-49(60)28-32-53-31-27-38-23-25-43(59)26-24-38)35-36-56-33-29-44(30-34-56)65-52(64)58(48-22-11-9-20-46(48)40-15-6-3-7-16-40)57(51(62)63)47-21-10-8-19-45(47)39-13-4-2-5-14-39/h2-26,37,44,53,59H,27-36H2,1H3,(H,54,60)(H,62,63). The lowest BCUT2D eigenvalue weighted by Crippen LogP contribution is -2.52. The van der Waals surface area contributed by atoms with E-state index in [9.17, 15) is 29.4 Å². The van der Waals surface area contributed by atoms with Crippen molar-refractivity contribution in [2.45, 2.75) is 31.8 Å². The second-order valence-corrected chi connectivity index (χ2v) is 15.9. The number of para-hydroxylation sites is 2. The van der Waals surface area contributed by atoms with Gasteiger partial charge in [-0.3, -0.25) is 9.59 Å². The Bertz CT molecular complexity index is 2530. The number of nitrogens with one attached hydrogen (secondary N) is 2. The van der Waals surface area contributed by atoms with Gasteiger partial charge in [0, 0.05) is 68.6 Å². The average Bonchev–Trinajstić information content (AvgIpc) is 3.33. The number of nitrogens with zero attached hydrogens (tertiary/aromatic N) is 4. The van der Waals surface area contributed by atoms with Gasteiger partial charge < -0.3 is 35.4 Å². The van der Waals surface area contributed by atoms with Crippen LogP contribution in [-0.2, 0) is 16.0 Å². The molecule has 0 saturated carbocycles. The van der Waals surface area contributed by atoms with Gasteiger partial charge in [-0.15, -0.1) is 0 Å². The highest BCUT2D eigenvalue weighted by atomic mass is 16.6. The molecule has 0 atom stereocenters. The number of piperidine rings is 1. The lowest BCUT2D eigenvalue weighted by atomic mass is 10.0. The Hall–Kier alpha value is -7.48. The normalized spacial score (nSPS) is 12.8. The van der Waals surface area contributed by atoms with Crippen molar-refractivity contribution in [3.63, 3.8) is 0 Å². The number of hydrazine groups is 1. The first-order chi connectivity index (χ1) is 31.6. The van der Waals surface area contributed by atoms with E-state index in [-0.39, 0.29) is 24.0 Å². The van der Waals surface area contributed by atoms with Crippen LogP contribution >= 0.6 is 0 Å². The molecule has 13 nitrogen and oxygen atoms in total. The van der Waals surface area contributed by atoms with E-state index in [1.165, 1.54) is 0 Å². The molecule has 0 radical (unpaired) electrons. The molecule has 0 spiro atoms. The van der Waals surface area contributed by atoms with Gasteiger partial charge in [0.1, 0.15) is 11.9 Å². The fourth-order valence-electron chi connectivity index (χ4n) is 7.86. The molecule has 0 bridgehead atoms. The summed E-state index contributed by atoms with van der Waals surface area (Å²) in [6.45, 7) is 3.45. The van der Waals surface area contributed by atoms with E-state index >= 15 is 0 Å². The SMILES string of the molecule is CN(CCN1CCC(OC(=O)N(c2ccccc2-c2ccccc2)N(C(=O)O)c2ccccc2-c2ccccc2)CC1)C(=O)c1cccc(NC(=O)CCNCCc2ccc(O)cc2)c1. The fourth-order valence-corrected chi connectivity index (χ4v) is 7.86. The topological polar surface area (TPSA) is 155 Å². The molecule has 0 aromatic heterocycles. The smallest absolute Gasteiger partial charge is 0.434 e. The third kappa shape index (κ3) is 12.2. The van der Waals surface area contributed by atoms with Gasteiger partial charge in [-0.1, -0.05) is 115 Å². The number of amides is 4. The number of hydrogen-bond acceptors (Lipinski definition) is 8. The highest BCUT2D eigenvalue weighted by Crippen LogP contribution is 2.38. The van der Waals surface area contributed by atoms with E-state index in [1.54, 1.807) is 72.6 Å². The van der Waals surface area contributed by atoms with Gasteiger partial charge in [0.15, 0.2) is 0 Å². The minimum absolute atomic E-state index is 0.161. The van der Waals surface area contributed by atoms with Crippen LogP contribution in [0.5, 0.6) is 5.75 Å². The number of anilines is 3. The Labute approximate surface area is 379 Å². The van der Waals surface area contributed by atoms with Crippen LogP contribution in [0.4, 0.5) is 26.7 Å². The molecule has 4 amide bonds. The molecule has 6 aromatic rings. The molecular weight excluding hydrogens is 821 g/mol. The van der Waals surface area contributed by atoms with Crippen molar-refractivity contribution >= 4 is 41.1 Å². The average molecular weight is 875 g/mol. The van der Waals surface area contributed by atoms with Crippen LogP contribution in [0, 0.1) is 0 Å². The predicted molar refractivity (Wildman–Crippen MR) is 254 cm³/mol. The monoisotopic (exact) mass is 874 g/mol. The number of phenols is 1. The number of carbonyl (C=O) groups excluding carboxylic acids is 3. The lowest BCUT2D eigenvalue weighted by Gasteiger charge is -2.37. The van der Waals surface area contributed by atoms with E-state index in [0.29, 0.717) is 85.9 Å². The van der Waals surface area contributed by atoms with Gasteiger partial charge in [0.05, 0.1) is 11.4 Å². The number of likely N-dealkylation sites (tertiary alicyclic amines) is 1. The maximum atomic E-state index is 14.6. The maximum absolute atomic E-state index is 14.6. The zero-order valence-corrected chi connectivity index (χ0v) is 36.4. The first-order valence-corrected chi connectivity index (χ1v) is 21.8. The van der Waals surface area contributed by atoms with Crippen molar-refractivity contribution in [2.24, 2.45) is 0 Å². The van der Waals surface area contributed by atoms with Gasteiger partial charge in [-0.05, 0) is 85.0 Å². The first kappa shape index (κ1) is 45.5. The minimum Gasteiger partial charge on any atom is -0.508 e. The highest BCUT2D eigenvalue weighted by Gasteiger charge is 2.36. The van der Waals surface area contributed by atoms with Crippen LogP contribution in [0.2, 0.25) is 0 Å². The summed E-state index contributed by atoms with van der Waals surface area (Å²) in [4.78, 5) is 58.0. The quantitative estimate of drug-likeness (QED) is 0.0551. The summed E-state index contributed by atoms with van der Waals surface area (Å²) < 4.78 is 6.21. The van der Waals surface area contributed by atoms with Gasteiger partial charge in [0.25, 0.3) is 5.91 Å². The molecule has 0 aliphatic carbocycles. The molecule has 334 valence electrons. The van der Waals surface area contributed by atoms with Crippen molar-refractivity contribution in [3.05, 3.63) is 169 Å². The Morgan fingerprint density at radius 2 is 1.28 bits per heavy atom. The van der Waals surface area contributed by atoms with Crippen molar-refractivity contribution in [1.29, 1.82) is 0 Å². The number of ether oxygens (including phenoxy) is 1. The summed E-state index contributed by atoms with van der Waals surface area (Å²) >= 11 is 0. The van der Waals surface area contributed by atoms with Gasteiger partial charge in [-0.25, -0.2) is 9.59 Å². The fraction of sp³-hybridized carbons (Fsp3) is 0.231. The van der Waals surface area contributed by atoms with Gasteiger partial charge in [-0.2, -0.15) is 10.0 Å². The van der Waals surface area contributed by atoms with Crippen LogP contribution in [0.15, 0.2) is 158 Å². The van der Waals surface area contributed by atoms with Crippen LogP contribution in [0.3, 0.4) is 0 Å². The van der Waals surface area contributed by atoms with Crippen molar-refractivity contribution in [1.82, 2.24) is 15.1 Å². The molecule has 65 heavy (non-hydrogen) atoms. The number of aromatic hydroxyl groups is 1. The number of rotatable bonds is 16. The molecule has 1 heterocycles. The Balaban J connectivity index is 0.951. The summed E-state index contributed by atoms with van der Waals surface area (Å²) in [6.07, 6.45) is -0.584. The zero-order valence-electron chi connectivity index (χ0n) is 36.4. The Morgan fingerprint density at radius 3 is 1.89 bits per heavy atom. The molecule has 1 saturated heterocycles. The summed E-state index contributed by atoms with van der Waals surface area (Å²) in [7, 11) is 1.75. The summed E-state index contributed by atoms with van der Waals surface area (Å²) in [5.74, 6) is -0.103. The molecular formula is C52H54N6O7. The van der Waals surface area contributed by atoms with Crippen LogP contribution in [-0.4, -0.2) is 96.4 Å². The van der Waals surface area contributed by atoms with E-state index < -0.39 is 18.3 Å². The van der Waals surface area contributed by atoms with E-state index in [4.69, 9.17) is 4.74 Å². The summed E-state index contributed by atoms with van der Waals surface area (Å²) in [5, 5.41) is 28.6. The number of carbonyl (C=O) groups is 4. The molecule has 1 aliphatic heterocycles. The van der Waals surface area contributed by atoms with E-state index in [1.807, 2.05) is 97.1 Å². The second kappa shape index (κ2) is 22.2. The van der Waals surface area contributed by atoms with Crippen LogP contribution in [0.25, 0.3) is 22.3 Å². The number of carboxylic acid groups (broad SMARTS) is 1. The Morgan fingerprint density at radius 1 is 0.692 bits per heavy atom. The number of phenolic OH excluding ortho intramolecular Hbond substituents is 1. The summed E-state index contributed by atoms with van der Waals surface area (Å²) in [6, 6.07) is 47.2. The summed E-state index contributed by atoms with van der Waals surface area (Å²) in [5.41, 5.74) is 5.60. The van der Waals surface area contributed by atoms with E-state index in [0.717, 1.165) is 33.1 Å². The van der Waals surface area contributed by atoms with Gasteiger partial charge in [0.2, 0.25) is 5.91 Å². The predicted octanol–water partition coefficient (Wildman–Crippen LogP) is 9.17. The Kier molecular flexibility index (Phi) is 15.6. The second-order valence-electron chi connectivity index (χ2n) is 15.9. The number of hydrogen-bond donors (Lipinski definition) is 4. The minimum atomic E-state index is -1.36. The third-order valence-corrected chi connectivity index (χ3v) is 11.3. The molecule has 4 N–H and O–H groups in total. The van der Waals surface area contributed by atoms with Crippen molar-refractivity contribution in [3.8, 4) is 28.0 Å². The molecule has 0 unspecified atom stereocenters. The molecule has 7 rings (SSSR count). The van der Waals surface area contributed by atoms with Gasteiger partial charge >= 0.3 is 12.2 Å². The first-order valence-electron chi connectivity index (χ1n) is 21.8. The molecule has 1 aliphatic rings. The zero-order chi connectivity index (χ0) is 45.5. The maximum Gasteiger partial charge on any atom is 0.434 e. The molecule has 6 aromatic carbocycles. The third-order valence-electron chi connectivity index (χ3n) is 11.3. The van der Waals surface area contributed by atoms with Crippen LogP contribution in [0.1, 0.15) is 35.2 Å². The van der Waals surface area contributed by atoms with Crippen LogP contribution < -0.4 is 20.7 Å². The number of likely N-dealkylation sites (N-methyl/N-ethyl adjacent to an activating group) is 1. The number of benzene rings is 6. The molecule has 13 heteroatoms. The van der Waals surface area contributed by atoms with E-state index in [2.05, 4.69) is 15.5 Å². The van der Waals surface area contributed by atoms with Crippen molar-refractivity contribution in [2.75, 3.05) is 61.7 Å².